The molecule has 0 bridgehead atoms. The summed E-state index contributed by atoms with van der Waals surface area (Å²) >= 11 is 0. The highest BCUT2D eigenvalue weighted by Crippen LogP contribution is 2.13. The zero-order valence-electron chi connectivity index (χ0n) is 15.7. The normalized spacial score (nSPS) is 14.6. The summed E-state index contributed by atoms with van der Waals surface area (Å²) in [7, 11) is 0. The van der Waals surface area contributed by atoms with Gasteiger partial charge in [0.15, 0.2) is 0 Å². The molecule has 1 aliphatic rings. The number of anilines is 2. The number of hydrogen-bond acceptors (Lipinski definition) is 5. The maximum atomic E-state index is 13.6. The molecule has 2 aromatic rings. The summed E-state index contributed by atoms with van der Waals surface area (Å²) in [5.41, 5.74) is 0.718. The maximum absolute atomic E-state index is 13.6. The van der Waals surface area contributed by atoms with Crippen molar-refractivity contribution < 1.29 is 14.0 Å². The van der Waals surface area contributed by atoms with Gasteiger partial charge in [0, 0.05) is 32.6 Å². The van der Waals surface area contributed by atoms with Gasteiger partial charge in [-0.3, -0.25) is 9.69 Å². The number of aryl methyl sites for hydroxylation is 1. The second-order valence-electron chi connectivity index (χ2n) is 6.46. The van der Waals surface area contributed by atoms with Gasteiger partial charge in [-0.15, -0.1) is 0 Å². The van der Waals surface area contributed by atoms with Crippen LogP contribution < -0.4 is 10.6 Å². The van der Waals surface area contributed by atoms with E-state index in [1.165, 1.54) is 12.1 Å². The number of carbonyl (C=O) groups excluding carboxylic acids is 2. The molecule has 2 N–H and O–H groups in total. The van der Waals surface area contributed by atoms with Crippen LogP contribution in [0.2, 0.25) is 0 Å². The van der Waals surface area contributed by atoms with Crippen molar-refractivity contribution in [2.75, 3.05) is 43.4 Å². The third-order valence-electron chi connectivity index (χ3n) is 4.45. The van der Waals surface area contributed by atoms with Crippen molar-refractivity contribution in [1.29, 1.82) is 0 Å². The van der Waals surface area contributed by atoms with Crippen LogP contribution >= 0.6 is 0 Å². The minimum absolute atomic E-state index is 0.149. The molecule has 9 heteroatoms. The summed E-state index contributed by atoms with van der Waals surface area (Å²) in [6.07, 6.45) is 3.92. The molecule has 1 aliphatic heterocycles. The lowest BCUT2D eigenvalue weighted by Crippen LogP contribution is -2.51. The number of aromatic nitrogens is 2. The van der Waals surface area contributed by atoms with E-state index in [4.69, 9.17) is 0 Å². The second-order valence-corrected chi connectivity index (χ2v) is 6.46. The number of rotatable bonds is 5. The molecular formula is C19H23FN6O2. The van der Waals surface area contributed by atoms with E-state index in [9.17, 15) is 14.0 Å². The Balaban J connectivity index is 1.44. The Morgan fingerprint density at radius 1 is 1.07 bits per heavy atom. The number of carbonyl (C=O) groups is 2. The molecule has 0 aliphatic carbocycles. The molecule has 0 saturated carbocycles. The largest absolute Gasteiger partial charge is 0.322 e. The average molecular weight is 386 g/mol. The molecule has 1 fully saturated rings. The van der Waals surface area contributed by atoms with Gasteiger partial charge in [0.25, 0.3) is 0 Å². The van der Waals surface area contributed by atoms with Crippen molar-refractivity contribution in [1.82, 2.24) is 19.8 Å². The Morgan fingerprint density at radius 3 is 2.39 bits per heavy atom. The van der Waals surface area contributed by atoms with Crippen LogP contribution in [0.4, 0.5) is 20.6 Å². The minimum Gasteiger partial charge on any atom is -0.322 e. The first-order valence-corrected chi connectivity index (χ1v) is 9.18. The summed E-state index contributed by atoms with van der Waals surface area (Å²) in [6, 6.07) is 5.83. The number of halogens is 1. The van der Waals surface area contributed by atoms with Crippen molar-refractivity contribution in [3.05, 3.63) is 48.3 Å². The smallest absolute Gasteiger partial charge is 0.322 e. The fourth-order valence-electron chi connectivity index (χ4n) is 2.87. The van der Waals surface area contributed by atoms with Crippen LogP contribution in [0.3, 0.4) is 0 Å². The Bertz CT molecular complexity index is 821. The summed E-state index contributed by atoms with van der Waals surface area (Å²) in [5, 5.41) is 5.35. The average Bonchev–Trinajstić information content (AvgIpc) is 2.71. The van der Waals surface area contributed by atoms with Gasteiger partial charge in [0.2, 0.25) is 5.91 Å². The summed E-state index contributed by atoms with van der Waals surface area (Å²) in [5.74, 6) is -0.0234. The van der Waals surface area contributed by atoms with Crippen LogP contribution in [0.1, 0.15) is 12.7 Å². The zero-order chi connectivity index (χ0) is 19.9. The second kappa shape index (κ2) is 9.23. The Labute approximate surface area is 162 Å². The molecule has 0 spiro atoms. The van der Waals surface area contributed by atoms with Gasteiger partial charge < -0.3 is 15.5 Å². The lowest BCUT2D eigenvalue weighted by atomic mass is 10.3. The van der Waals surface area contributed by atoms with E-state index in [0.29, 0.717) is 31.9 Å². The summed E-state index contributed by atoms with van der Waals surface area (Å²) in [4.78, 5) is 36.4. The zero-order valence-corrected chi connectivity index (χ0v) is 15.7. The Morgan fingerprint density at radius 2 is 1.75 bits per heavy atom. The molecule has 148 valence electrons. The molecule has 0 atom stereocenters. The van der Waals surface area contributed by atoms with Crippen LogP contribution in [0.15, 0.2) is 36.7 Å². The van der Waals surface area contributed by atoms with Gasteiger partial charge in [-0.1, -0.05) is 19.1 Å². The molecule has 28 heavy (non-hydrogen) atoms. The first-order chi connectivity index (χ1) is 13.5. The molecule has 1 aromatic heterocycles. The number of amides is 3. The van der Waals surface area contributed by atoms with E-state index >= 15 is 0 Å². The number of benzene rings is 1. The van der Waals surface area contributed by atoms with Gasteiger partial charge in [-0.25, -0.2) is 19.2 Å². The number of piperazine rings is 1. The van der Waals surface area contributed by atoms with Crippen LogP contribution in [0.25, 0.3) is 0 Å². The first-order valence-electron chi connectivity index (χ1n) is 9.18. The fraction of sp³-hybridized carbons (Fsp3) is 0.368. The molecule has 1 aromatic carbocycles. The topological polar surface area (TPSA) is 90.5 Å². The number of urea groups is 1. The summed E-state index contributed by atoms with van der Waals surface area (Å²) < 4.78 is 13.6. The maximum Gasteiger partial charge on any atom is 0.322 e. The quantitative estimate of drug-likeness (QED) is 0.820. The number of nitrogens with zero attached hydrogens (tertiary/aromatic N) is 4. The first kappa shape index (κ1) is 19.7. The van der Waals surface area contributed by atoms with Crippen molar-refractivity contribution >= 4 is 23.3 Å². The molecule has 1 saturated heterocycles. The predicted octanol–water partition coefficient (Wildman–Crippen LogP) is 1.97. The molecule has 0 radical (unpaired) electrons. The monoisotopic (exact) mass is 386 g/mol. The SMILES string of the molecule is CCc1ncc(NC(=O)N2CCN(CC(=O)Nc3ccccc3F)CC2)cn1. The lowest BCUT2D eigenvalue weighted by molar-refractivity contribution is -0.117. The molecule has 3 amide bonds. The molecule has 8 nitrogen and oxygen atoms in total. The Hall–Kier alpha value is -3.07. The highest BCUT2D eigenvalue weighted by atomic mass is 19.1. The van der Waals surface area contributed by atoms with Gasteiger partial charge in [0.05, 0.1) is 30.3 Å². The van der Waals surface area contributed by atoms with Crippen LogP contribution in [-0.2, 0) is 11.2 Å². The number of hydrogen-bond donors (Lipinski definition) is 2. The minimum atomic E-state index is -0.465. The van der Waals surface area contributed by atoms with Gasteiger partial charge >= 0.3 is 6.03 Å². The standard InChI is InChI=1S/C19H23FN6O2/c1-2-17-21-11-14(12-22-17)23-19(28)26-9-7-25(8-10-26)13-18(27)24-16-6-4-3-5-15(16)20/h3-6,11-12H,2,7-10,13H2,1H3,(H,23,28)(H,24,27). The fourth-order valence-corrected chi connectivity index (χ4v) is 2.87. The van der Waals surface area contributed by atoms with E-state index in [0.717, 1.165) is 12.2 Å². The number of nitrogens with one attached hydrogen (secondary N) is 2. The predicted molar refractivity (Wildman–Crippen MR) is 103 cm³/mol. The van der Waals surface area contributed by atoms with E-state index in [2.05, 4.69) is 20.6 Å². The number of para-hydroxylation sites is 1. The van der Waals surface area contributed by atoms with Gasteiger partial charge in [0.1, 0.15) is 11.6 Å². The third kappa shape index (κ3) is 5.23. The highest BCUT2D eigenvalue weighted by Gasteiger charge is 2.22. The van der Waals surface area contributed by atoms with Gasteiger partial charge in [-0.05, 0) is 12.1 Å². The van der Waals surface area contributed by atoms with E-state index in [1.807, 2.05) is 11.8 Å². The van der Waals surface area contributed by atoms with E-state index in [-0.39, 0.29) is 24.2 Å². The highest BCUT2D eigenvalue weighted by molar-refractivity contribution is 5.92. The van der Waals surface area contributed by atoms with Crippen LogP contribution in [0, 0.1) is 5.82 Å². The Kier molecular flexibility index (Phi) is 6.49. The van der Waals surface area contributed by atoms with E-state index in [1.54, 1.807) is 29.4 Å². The van der Waals surface area contributed by atoms with Crippen molar-refractivity contribution in [3.63, 3.8) is 0 Å². The lowest BCUT2D eigenvalue weighted by Gasteiger charge is -2.34. The molecular weight excluding hydrogens is 363 g/mol. The van der Waals surface area contributed by atoms with E-state index < -0.39 is 5.82 Å². The van der Waals surface area contributed by atoms with Gasteiger partial charge in [-0.2, -0.15) is 0 Å². The molecule has 0 unspecified atom stereocenters. The molecule has 3 rings (SSSR count). The molecule has 2 heterocycles. The van der Waals surface area contributed by atoms with Crippen LogP contribution in [-0.4, -0.2) is 64.4 Å². The summed E-state index contributed by atoms with van der Waals surface area (Å²) in [6.45, 7) is 4.21. The van der Waals surface area contributed by atoms with Crippen molar-refractivity contribution in [2.24, 2.45) is 0 Å². The van der Waals surface area contributed by atoms with Crippen LogP contribution in [0.5, 0.6) is 0 Å². The van der Waals surface area contributed by atoms with Crippen molar-refractivity contribution in [3.8, 4) is 0 Å². The third-order valence-corrected chi connectivity index (χ3v) is 4.45. The van der Waals surface area contributed by atoms with Crippen molar-refractivity contribution in [2.45, 2.75) is 13.3 Å².